The number of amides is 1. The summed E-state index contributed by atoms with van der Waals surface area (Å²) in [6, 6.07) is 4.79. The second kappa shape index (κ2) is 7.90. The lowest BCUT2D eigenvalue weighted by Gasteiger charge is -2.15. The molecule has 2 rings (SSSR count). The van der Waals surface area contributed by atoms with Crippen LogP contribution in [0.15, 0.2) is 23.1 Å². The average Bonchev–Trinajstić information content (AvgIpc) is 2.99. The molecule has 1 amide bonds. The molecule has 0 atom stereocenters. The monoisotopic (exact) mass is 339 g/mol. The number of aryl methyl sites for hydroxylation is 1. The van der Waals surface area contributed by atoms with Gasteiger partial charge in [-0.1, -0.05) is 18.9 Å². The van der Waals surface area contributed by atoms with Crippen LogP contribution in [0.4, 0.5) is 0 Å². The Morgan fingerprint density at radius 3 is 2.57 bits per heavy atom. The standard InChI is InChI=1S/C16H25N3O3S/c1-12-7-8-13(16(20)18-10-9-17-2)11-15(12)23(21,22)19-14-5-3-4-6-14/h7-8,11,14,17,19H,3-6,9-10H2,1-2H3,(H,18,20). The number of hydrogen-bond acceptors (Lipinski definition) is 4. The van der Waals surface area contributed by atoms with Gasteiger partial charge in [-0.25, -0.2) is 13.1 Å². The van der Waals surface area contributed by atoms with Crippen molar-refractivity contribution in [2.75, 3.05) is 20.1 Å². The lowest BCUT2D eigenvalue weighted by Crippen LogP contribution is -2.33. The Kier molecular flexibility index (Phi) is 6.15. The van der Waals surface area contributed by atoms with Crippen molar-refractivity contribution < 1.29 is 13.2 Å². The molecule has 3 N–H and O–H groups in total. The summed E-state index contributed by atoms with van der Waals surface area (Å²) in [7, 11) is -1.79. The van der Waals surface area contributed by atoms with Crippen LogP contribution in [0.25, 0.3) is 0 Å². The lowest BCUT2D eigenvalue weighted by molar-refractivity contribution is 0.0954. The topological polar surface area (TPSA) is 87.3 Å². The van der Waals surface area contributed by atoms with Crippen LogP contribution in [0.2, 0.25) is 0 Å². The Labute approximate surface area is 138 Å². The lowest BCUT2D eigenvalue weighted by atomic mass is 10.1. The minimum atomic E-state index is -3.60. The highest BCUT2D eigenvalue weighted by Crippen LogP contribution is 2.22. The summed E-state index contributed by atoms with van der Waals surface area (Å²) >= 11 is 0. The Hall–Kier alpha value is -1.44. The molecule has 0 spiro atoms. The summed E-state index contributed by atoms with van der Waals surface area (Å²) in [6.45, 7) is 2.89. The zero-order valence-corrected chi connectivity index (χ0v) is 14.5. The first-order valence-corrected chi connectivity index (χ1v) is 9.48. The summed E-state index contributed by atoms with van der Waals surface area (Å²) in [5.74, 6) is -0.266. The van der Waals surface area contributed by atoms with Gasteiger partial charge in [-0.2, -0.15) is 0 Å². The maximum atomic E-state index is 12.6. The number of likely N-dealkylation sites (N-methyl/N-ethyl adjacent to an activating group) is 1. The van der Waals surface area contributed by atoms with E-state index in [2.05, 4.69) is 15.4 Å². The van der Waals surface area contributed by atoms with Crippen LogP contribution in [0, 0.1) is 6.92 Å². The molecule has 0 saturated heterocycles. The second-order valence-corrected chi connectivity index (χ2v) is 7.62. The number of rotatable bonds is 7. The molecule has 1 aliphatic rings. The van der Waals surface area contributed by atoms with Gasteiger partial charge in [0.15, 0.2) is 0 Å². The minimum absolute atomic E-state index is 0.00695. The molecule has 0 heterocycles. The average molecular weight is 339 g/mol. The molecular weight excluding hydrogens is 314 g/mol. The Balaban J connectivity index is 2.17. The molecule has 0 aromatic heterocycles. The summed E-state index contributed by atoms with van der Waals surface area (Å²) in [6.07, 6.45) is 3.87. The van der Waals surface area contributed by atoms with Crippen LogP contribution in [0.5, 0.6) is 0 Å². The summed E-state index contributed by atoms with van der Waals surface area (Å²) in [4.78, 5) is 12.3. The third-order valence-corrected chi connectivity index (χ3v) is 5.74. The quantitative estimate of drug-likeness (QED) is 0.651. The first-order chi connectivity index (χ1) is 10.9. The smallest absolute Gasteiger partial charge is 0.251 e. The van der Waals surface area contributed by atoms with Gasteiger partial charge in [-0.15, -0.1) is 0 Å². The van der Waals surface area contributed by atoms with Gasteiger partial charge in [-0.3, -0.25) is 4.79 Å². The Morgan fingerprint density at radius 2 is 1.91 bits per heavy atom. The summed E-state index contributed by atoms with van der Waals surface area (Å²) in [5.41, 5.74) is 1.00. The zero-order valence-electron chi connectivity index (χ0n) is 13.7. The van der Waals surface area contributed by atoms with Crippen molar-refractivity contribution in [2.24, 2.45) is 0 Å². The van der Waals surface area contributed by atoms with E-state index in [0.29, 0.717) is 24.2 Å². The van der Waals surface area contributed by atoms with Crippen LogP contribution >= 0.6 is 0 Å². The Morgan fingerprint density at radius 1 is 1.22 bits per heavy atom. The number of hydrogen-bond donors (Lipinski definition) is 3. The predicted octanol–water partition coefficient (Wildman–Crippen LogP) is 1.17. The van der Waals surface area contributed by atoms with Crippen LogP contribution < -0.4 is 15.4 Å². The van der Waals surface area contributed by atoms with Gasteiger partial charge in [0.2, 0.25) is 10.0 Å². The first kappa shape index (κ1) is 17.9. The van der Waals surface area contributed by atoms with Gasteiger partial charge in [0.25, 0.3) is 5.91 Å². The van der Waals surface area contributed by atoms with Crippen molar-refractivity contribution in [3.05, 3.63) is 29.3 Å². The number of carbonyl (C=O) groups excluding carboxylic acids is 1. The number of benzene rings is 1. The molecule has 6 nitrogen and oxygen atoms in total. The van der Waals surface area contributed by atoms with E-state index in [1.807, 2.05) is 0 Å². The third-order valence-electron chi connectivity index (χ3n) is 4.08. The predicted molar refractivity (Wildman–Crippen MR) is 90.0 cm³/mol. The number of sulfonamides is 1. The van der Waals surface area contributed by atoms with Crippen LogP contribution in [-0.2, 0) is 10.0 Å². The van der Waals surface area contributed by atoms with E-state index < -0.39 is 10.0 Å². The normalized spacial score (nSPS) is 15.7. The molecule has 1 aliphatic carbocycles. The second-order valence-electron chi connectivity index (χ2n) is 5.94. The van der Waals surface area contributed by atoms with Crippen LogP contribution in [0.1, 0.15) is 41.6 Å². The largest absolute Gasteiger partial charge is 0.351 e. The van der Waals surface area contributed by atoms with Crippen molar-refractivity contribution in [1.29, 1.82) is 0 Å². The van der Waals surface area contributed by atoms with E-state index >= 15 is 0 Å². The molecule has 128 valence electrons. The highest BCUT2D eigenvalue weighted by molar-refractivity contribution is 7.89. The summed E-state index contributed by atoms with van der Waals surface area (Å²) < 4.78 is 27.9. The molecule has 23 heavy (non-hydrogen) atoms. The van der Waals surface area contributed by atoms with E-state index in [9.17, 15) is 13.2 Å². The maximum absolute atomic E-state index is 12.6. The number of carbonyl (C=O) groups is 1. The van der Waals surface area contributed by atoms with Gasteiger partial charge in [0.05, 0.1) is 4.90 Å². The van der Waals surface area contributed by atoms with Crippen molar-refractivity contribution in [3.8, 4) is 0 Å². The van der Waals surface area contributed by atoms with Gasteiger partial charge in [0.1, 0.15) is 0 Å². The minimum Gasteiger partial charge on any atom is -0.351 e. The van der Waals surface area contributed by atoms with Crippen molar-refractivity contribution in [2.45, 2.75) is 43.5 Å². The molecule has 0 bridgehead atoms. The summed E-state index contributed by atoms with van der Waals surface area (Å²) in [5, 5.41) is 5.69. The van der Waals surface area contributed by atoms with Crippen molar-refractivity contribution in [1.82, 2.24) is 15.4 Å². The zero-order chi connectivity index (χ0) is 16.9. The molecule has 0 unspecified atom stereocenters. The third kappa shape index (κ3) is 4.76. The SMILES string of the molecule is CNCCNC(=O)c1ccc(C)c(S(=O)(=O)NC2CCCC2)c1. The number of nitrogens with one attached hydrogen (secondary N) is 3. The van der Waals surface area contributed by atoms with Crippen LogP contribution in [0.3, 0.4) is 0 Å². The van der Waals surface area contributed by atoms with Gasteiger partial charge >= 0.3 is 0 Å². The van der Waals surface area contributed by atoms with Gasteiger partial charge < -0.3 is 10.6 Å². The molecular formula is C16H25N3O3S. The molecule has 1 aromatic carbocycles. The molecule has 7 heteroatoms. The van der Waals surface area contributed by atoms with Crippen molar-refractivity contribution in [3.63, 3.8) is 0 Å². The molecule has 0 aliphatic heterocycles. The molecule has 1 fully saturated rings. The van der Waals surface area contributed by atoms with E-state index in [1.54, 1.807) is 26.1 Å². The highest BCUT2D eigenvalue weighted by atomic mass is 32.2. The fourth-order valence-electron chi connectivity index (χ4n) is 2.76. The fraction of sp³-hybridized carbons (Fsp3) is 0.562. The molecule has 1 saturated carbocycles. The highest BCUT2D eigenvalue weighted by Gasteiger charge is 2.25. The first-order valence-electron chi connectivity index (χ1n) is 8.00. The van der Waals surface area contributed by atoms with Gasteiger partial charge in [0, 0.05) is 24.7 Å². The Bertz CT molecular complexity index is 653. The van der Waals surface area contributed by atoms with E-state index in [-0.39, 0.29) is 16.8 Å². The molecule has 1 aromatic rings. The fourth-order valence-corrected chi connectivity index (χ4v) is 4.34. The maximum Gasteiger partial charge on any atom is 0.251 e. The van der Waals surface area contributed by atoms with E-state index in [1.165, 1.54) is 6.07 Å². The van der Waals surface area contributed by atoms with Crippen LogP contribution in [-0.4, -0.2) is 40.5 Å². The molecule has 0 radical (unpaired) electrons. The van der Waals surface area contributed by atoms with Crippen molar-refractivity contribution >= 4 is 15.9 Å². The van der Waals surface area contributed by atoms with E-state index in [4.69, 9.17) is 0 Å². The van der Waals surface area contributed by atoms with E-state index in [0.717, 1.165) is 25.7 Å². The van der Waals surface area contributed by atoms with Gasteiger partial charge in [-0.05, 0) is 44.5 Å².